The molecule has 1 aromatic rings. The van der Waals surface area contributed by atoms with E-state index in [1.807, 2.05) is 32.9 Å². The Morgan fingerprint density at radius 1 is 0.873 bits per heavy atom. The van der Waals surface area contributed by atoms with Crippen LogP contribution in [-0.4, -0.2) is 57.5 Å². The zero-order chi connectivity index (χ0) is 40.3. The highest BCUT2D eigenvalue weighted by molar-refractivity contribution is 8.03. The van der Waals surface area contributed by atoms with Crippen molar-refractivity contribution < 1.29 is 24.3 Å². The van der Waals surface area contributed by atoms with Crippen molar-refractivity contribution in [2.75, 3.05) is 11.6 Å². The van der Waals surface area contributed by atoms with Gasteiger partial charge in [-0.3, -0.25) is 35.5 Å². The topological polar surface area (TPSA) is 123 Å². The van der Waals surface area contributed by atoms with E-state index in [2.05, 4.69) is 41.9 Å². The molecule has 0 spiro atoms. The number of unbranched alkanes of at least 4 members (excludes halogenated alkanes) is 7. The van der Waals surface area contributed by atoms with Crippen LogP contribution in [0.1, 0.15) is 150 Å². The number of halogens is 2. The predicted octanol–water partition coefficient (Wildman–Crippen LogP) is 10.4. The molecule has 3 atom stereocenters. The average molecular weight is 824 g/mol. The SMILES string of the molecule is CCCCCC[C@H](C[C@]1(S[C+]2[C@H](NC(=O)CCCC)N(O)N(c3cc(Cl)ccc3Cl)C2(NC(=O)CCCC)NC(=O)CCCC)C=CC=CC1)OCCCC. The highest BCUT2D eigenvalue weighted by Gasteiger charge is 2.74. The smallest absolute Gasteiger partial charge is 0.376 e. The predicted molar refractivity (Wildman–Crippen MR) is 227 cm³/mol. The Bertz CT molecular complexity index is 1390. The van der Waals surface area contributed by atoms with Crippen LogP contribution in [-0.2, 0) is 19.1 Å². The van der Waals surface area contributed by atoms with Crippen molar-refractivity contribution in [2.45, 2.75) is 173 Å². The number of nitrogens with one attached hydrogen (secondary N) is 3. The van der Waals surface area contributed by atoms with E-state index in [0.29, 0.717) is 49.0 Å². The number of carbonyl (C=O) groups is 3. The van der Waals surface area contributed by atoms with Gasteiger partial charge >= 0.3 is 5.79 Å². The number of allylic oxidation sites excluding steroid dienone is 3. The Balaban J connectivity index is 2.30. The summed E-state index contributed by atoms with van der Waals surface area (Å²) in [6, 6.07) is 4.81. The lowest BCUT2D eigenvalue weighted by Gasteiger charge is -2.38. The van der Waals surface area contributed by atoms with Crippen LogP contribution in [0.5, 0.6) is 0 Å². The van der Waals surface area contributed by atoms with E-state index in [4.69, 9.17) is 27.9 Å². The number of rotatable bonds is 26. The van der Waals surface area contributed by atoms with Gasteiger partial charge in [-0.15, -0.1) is 0 Å². The second kappa shape index (κ2) is 24.4. The molecule has 0 radical (unpaired) electrons. The number of hydrogen-bond donors (Lipinski definition) is 4. The van der Waals surface area contributed by atoms with Gasteiger partial charge in [0.15, 0.2) is 0 Å². The molecule has 4 N–H and O–H groups in total. The molecule has 1 heterocycles. The number of ether oxygens (including phenoxy) is 1. The third-order valence-corrected chi connectivity index (χ3v) is 12.1. The summed E-state index contributed by atoms with van der Waals surface area (Å²) in [6.07, 6.45) is 20.4. The maximum atomic E-state index is 14.1. The number of nitrogens with zero attached hydrogens (tertiary/aromatic N) is 2. The van der Waals surface area contributed by atoms with Gasteiger partial charge in [0.2, 0.25) is 17.7 Å². The molecular weight excluding hydrogens is 757 g/mol. The van der Waals surface area contributed by atoms with Gasteiger partial charge in [0.25, 0.3) is 11.4 Å². The lowest BCUT2D eigenvalue weighted by atomic mass is 9.91. The summed E-state index contributed by atoms with van der Waals surface area (Å²) in [5.41, 5.74) is 0.233. The molecule has 2 aliphatic rings. The summed E-state index contributed by atoms with van der Waals surface area (Å²) in [6.45, 7) is 11.0. The van der Waals surface area contributed by atoms with Crippen LogP contribution in [0.25, 0.3) is 0 Å². The second-order valence-electron chi connectivity index (χ2n) is 14.7. The number of amides is 3. The van der Waals surface area contributed by atoms with Crippen molar-refractivity contribution in [3.05, 3.63) is 57.8 Å². The Hall–Kier alpha value is -2.41. The fourth-order valence-corrected chi connectivity index (χ4v) is 8.85. The first-order chi connectivity index (χ1) is 26.5. The molecule has 55 heavy (non-hydrogen) atoms. The van der Waals surface area contributed by atoms with Gasteiger partial charge in [-0.25, -0.2) is 0 Å². The normalized spacial score (nSPS) is 19.8. The van der Waals surface area contributed by atoms with E-state index >= 15 is 0 Å². The highest BCUT2D eigenvalue weighted by Crippen LogP contribution is 2.54. The molecule has 0 bridgehead atoms. The van der Waals surface area contributed by atoms with Gasteiger partial charge in [-0.1, -0.05) is 133 Å². The van der Waals surface area contributed by atoms with Crippen molar-refractivity contribution >= 4 is 58.4 Å². The van der Waals surface area contributed by atoms with Crippen LogP contribution in [0.3, 0.4) is 0 Å². The molecular formula is C42H66Cl2N5O5S+. The van der Waals surface area contributed by atoms with Gasteiger partial charge in [-0.2, -0.15) is 5.01 Å². The van der Waals surface area contributed by atoms with Crippen molar-refractivity contribution in [3.63, 3.8) is 0 Å². The Labute approximate surface area is 344 Å². The summed E-state index contributed by atoms with van der Waals surface area (Å²) in [7, 11) is 0. The van der Waals surface area contributed by atoms with Crippen LogP contribution in [0.15, 0.2) is 42.5 Å². The maximum Gasteiger partial charge on any atom is 0.376 e. The number of thioether (sulfide) groups is 1. The second-order valence-corrected chi connectivity index (χ2v) is 17.0. The van der Waals surface area contributed by atoms with E-state index in [0.717, 1.165) is 69.4 Å². The first-order valence-corrected chi connectivity index (χ1v) is 22.2. The molecule has 0 aromatic heterocycles. The van der Waals surface area contributed by atoms with Gasteiger partial charge < -0.3 is 4.74 Å². The zero-order valence-corrected chi connectivity index (χ0v) is 36.1. The minimum atomic E-state index is -1.88. The van der Waals surface area contributed by atoms with Crippen molar-refractivity contribution in [2.24, 2.45) is 0 Å². The lowest BCUT2D eigenvalue weighted by molar-refractivity contribution is -0.144. The third kappa shape index (κ3) is 13.9. The van der Waals surface area contributed by atoms with Crippen molar-refractivity contribution in [1.82, 2.24) is 21.1 Å². The first kappa shape index (κ1) is 47.0. The fourth-order valence-electron chi connectivity index (χ4n) is 6.85. The number of hydroxylamine groups is 1. The molecule has 1 aliphatic carbocycles. The van der Waals surface area contributed by atoms with Crippen LogP contribution in [0, 0.1) is 5.25 Å². The summed E-state index contributed by atoms with van der Waals surface area (Å²) >= 11 is 14.9. The molecule has 3 rings (SSSR count). The molecule has 1 aromatic carbocycles. The van der Waals surface area contributed by atoms with Gasteiger partial charge in [0.05, 0.1) is 33.3 Å². The monoisotopic (exact) mass is 822 g/mol. The average Bonchev–Trinajstić information content (AvgIpc) is 3.36. The minimum absolute atomic E-state index is 0.0666. The van der Waals surface area contributed by atoms with Crippen molar-refractivity contribution in [3.8, 4) is 0 Å². The van der Waals surface area contributed by atoms with Gasteiger partial charge in [-0.05, 0) is 68.3 Å². The molecule has 10 nitrogen and oxygen atoms in total. The van der Waals surface area contributed by atoms with Gasteiger partial charge in [0, 0.05) is 30.9 Å². The number of hydrogen-bond acceptors (Lipinski definition) is 8. The molecule has 1 fully saturated rings. The maximum absolute atomic E-state index is 14.1. The molecule has 3 amide bonds. The molecule has 13 heteroatoms. The molecule has 308 valence electrons. The van der Waals surface area contributed by atoms with Crippen molar-refractivity contribution in [1.29, 1.82) is 0 Å². The third-order valence-electron chi connectivity index (χ3n) is 9.93. The number of hydrazine groups is 1. The van der Waals surface area contributed by atoms with Crippen LogP contribution >= 0.6 is 35.0 Å². The first-order valence-electron chi connectivity index (χ1n) is 20.7. The largest absolute Gasteiger partial charge is 0.378 e. The van der Waals surface area contributed by atoms with Crippen LogP contribution in [0.2, 0.25) is 10.0 Å². The summed E-state index contributed by atoms with van der Waals surface area (Å²) in [4.78, 5) is 41.8. The lowest BCUT2D eigenvalue weighted by Crippen LogP contribution is -2.71. The van der Waals surface area contributed by atoms with Crippen LogP contribution < -0.4 is 21.0 Å². The fraction of sp³-hybridized carbons (Fsp3) is 0.667. The Morgan fingerprint density at radius 2 is 1.49 bits per heavy atom. The molecule has 1 aliphatic heterocycles. The molecule has 0 unspecified atom stereocenters. The van der Waals surface area contributed by atoms with E-state index < -0.39 is 16.7 Å². The van der Waals surface area contributed by atoms with Crippen LogP contribution in [0.4, 0.5) is 5.69 Å². The number of benzene rings is 1. The summed E-state index contributed by atoms with van der Waals surface area (Å²) < 4.78 is 5.97. The van der Waals surface area contributed by atoms with E-state index in [-0.39, 0.29) is 53.8 Å². The van der Waals surface area contributed by atoms with E-state index in [9.17, 15) is 19.6 Å². The molecule has 0 saturated carbocycles. The van der Waals surface area contributed by atoms with E-state index in [1.165, 1.54) is 16.8 Å². The quantitative estimate of drug-likeness (QED) is 0.0414. The summed E-state index contributed by atoms with van der Waals surface area (Å²) in [5.74, 6) is -2.84. The Kier molecular flexibility index (Phi) is 20.8. The Morgan fingerprint density at radius 3 is 2.07 bits per heavy atom. The van der Waals surface area contributed by atoms with E-state index in [1.54, 1.807) is 18.2 Å². The number of carbonyl (C=O) groups excluding carboxylic acids is 3. The molecule has 1 saturated heterocycles. The highest BCUT2D eigenvalue weighted by atomic mass is 35.5. The number of anilines is 1. The van der Waals surface area contributed by atoms with Gasteiger partial charge in [0.1, 0.15) is 0 Å². The standard InChI is InChI=1S/C42H65Cl2N5O5S/c1-6-11-16-18-21-33(54-29-15-10-5)31-41(27-19-17-20-28-41)55-39-40(45-36(50)22-12-7-2)49(53)48(35-30-32(43)25-26-34(35)44)42(39,46-37(51)23-13-8-3)47-38(52)24-14-9-4/h17,19-20,25-27,30,33,40,53H,6-16,18,21-24,28-29,31H2,1-5H3,(H2-,45,46,47,50,51,52)/p+1/t33-,40-,41+/m1/s1. The zero-order valence-electron chi connectivity index (χ0n) is 33.8. The summed E-state index contributed by atoms with van der Waals surface area (Å²) in [5, 5.41) is 25.1. The minimum Gasteiger partial charge on any atom is -0.378 e.